The van der Waals surface area contributed by atoms with Crippen molar-refractivity contribution in [1.29, 1.82) is 0 Å². The lowest BCUT2D eigenvalue weighted by molar-refractivity contribution is -0.118. The zero-order valence-corrected chi connectivity index (χ0v) is 26.7. The molecule has 0 spiro atoms. The van der Waals surface area contributed by atoms with E-state index in [0.29, 0.717) is 17.0 Å². The van der Waals surface area contributed by atoms with Gasteiger partial charge >= 0.3 is 0 Å². The molecule has 2 aromatic heterocycles. The Hall–Kier alpha value is -4.97. The van der Waals surface area contributed by atoms with Crippen LogP contribution in [0.3, 0.4) is 0 Å². The number of pyridine rings is 1. The Morgan fingerprint density at radius 1 is 1.00 bits per heavy atom. The summed E-state index contributed by atoms with van der Waals surface area (Å²) in [5.41, 5.74) is 1.75. The van der Waals surface area contributed by atoms with Crippen LogP contribution in [0.25, 0.3) is 11.0 Å². The number of amides is 1. The highest BCUT2D eigenvalue weighted by molar-refractivity contribution is 5.92. The molecule has 5 aromatic rings. The van der Waals surface area contributed by atoms with Crippen LogP contribution >= 0.6 is 0 Å². The molecule has 3 aromatic carbocycles. The Labute approximate surface area is 272 Å². The fourth-order valence-corrected chi connectivity index (χ4v) is 5.93. The molecule has 47 heavy (non-hydrogen) atoms. The van der Waals surface area contributed by atoms with E-state index in [4.69, 9.17) is 18.9 Å². The van der Waals surface area contributed by atoms with Gasteiger partial charge in [0.15, 0.2) is 5.52 Å². The summed E-state index contributed by atoms with van der Waals surface area (Å²) in [6.07, 6.45) is -0.466. The van der Waals surface area contributed by atoms with Crippen molar-refractivity contribution < 1.29 is 28.8 Å². The van der Waals surface area contributed by atoms with E-state index < -0.39 is 29.6 Å². The van der Waals surface area contributed by atoms with Crippen molar-refractivity contribution in [2.24, 2.45) is 5.92 Å². The molecule has 1 fully saturated rings. The number of rotatable bonds is 11. The predicted molar refractivity (Wildman–Crippen MR) is 177 cm³/mol. The SMILES string of the molecule is COc1ccc(C(OC[C@H]2O[C@@H](n3cnc4c(=O)[nH]c(NC(=O)C(C)C)cc43)C[C@@H]2O)(c2ccccc2)c2ccc(OC)cc2)cc1. The number of nitrogens with zero attached hydrogens (tertiary/aromatic N) is 2. The van der Waals surface area contributed by atoms with Gasteiger partial charge in [0, 0.05) is 18.4 Å². The molecule has 1 aliphatic rings. The molecule has 3 N–H and O–H groups in total. The molecule has 0 saturated carbocycles. The standard InChI is InChI=1S/C36H38N4O7/c1-22(2)34(42)38-31-18-28-33(35(43)39-31)37-21-40(28)32-19-29(41)30(47-32)20-46-36(23-8-6-5-7-9-23,24-10-14-26(44-3)15-11-24)25-12-16-27(45-4)17-13-25/h5-18,21-22,29-30,32,41H,19-20H2,1-4H3,(H2,38,39,42,43)/t29-,30+,32+/m0/s1. The smallest absolute Gasteiger partial charge is 0.277 e. The summed E-state index contributed by atoms with van der Waals surface area (Å²) in [5, 5.41) is 14.0. The number of H-pyrrole nitrogens is 1. The van der Waals surface area contributed by atoms with Crippen LogP contribution < -0.4 is 20.3 Å². The van der Waals surface area contributed by atoms with Crippen LogP contribution in [0.1, 0.15) is 43.2 Å². The quantitative estimate of drug-likeness (QED) is 0.172. The largest absolute Gasteiger partial charge is 0.497 e. The fourth-order valence-electron chi connectivity index (χ4n) is 5.93. The van der Waals surface area contributed by atoms with Crippen molar-refractivity contribution in [3.8, 4) is 11.5 Å². The van der Waals surface area contributed by atoms with Crippen LogP contribution in [-0.4, -0.2) is 58.6 Å². The van der Waals surface area contributed by atoms with Gasteiger partial charge in [-0.1, -0.05) is 68.4 Å². The molecule has 11 nitrogen and oxygen atoms in total. The summed E-state index contributed by atoms with van der Waals surface area (Å²) in [6.45, 7) is 3.57. The third kappa shape index (κ3) is 6.25. The highest BCUT2D eigenvalue weighted by Gasteiger charge is 2.42. The maximum absolute atomic E-state index is 12.8. The highest BCUT2D eigenvalue weighted by atomic mass is 16.6. The lowest BCUT2D eigenvalue weighted by Crippen LogP contribution is -2.38. The van der Waals surface area contributed by atoms with Crippen molar-refractivity contribution in [1.82, 2.24) is 14.5 Å². The highest BCUT2D eigenvalue weighted by Crippen LogP contribution is 2.43. The summed E-state index contributed by atoms with van der Waals surface area (Å²) in [7, 11) is 3.24. The number of methoxy groups -OCH3 is 2. The van der Waals surface area contributed by atoms with Crippen molar-refractivity contribution in [2.75, 3.05) is 26.1 Å². The number of aromatic amines is 1. The van der Waals surface area contributed by atoms with Crippen molar-refractivity contribution in [2.45, 2.75) is 44.3 Å². The number of carbonyl (C=O) groups is 1. The van der Waals surface area contributed by atoms with Crippen LogP contribution in [0.4, 0.5) is 5.82 Å². The van der Waals surface area contributed by atoms with E-state index in [1.54, 1.807) is 38.7 Å². The van der Waals surface area contributed by atoms with Crippen LogP contribution in [0.5, 0.6) is 11.5 Å². The minimum absolute atomic E-state index is 0.0352. The molecule has 3 heterocycles. The van der Waals surface area contributed by atoms with E-state index in [0.717, 1.165) is 16.7 Å². The van der Waals surface area contributed by atoms with E-state index in [9.17, 15) is 14.7 Å². The number of ether oxygens (including phenoxy) is 4. The van der Waals surface area contributed by atoms with Crippen LogP contribution in [0.15, 0.2) is 96.1 Å². The number of aliphatic hydroxyl groups is 1. The van der Waals surface area contributed by atoms with E-state index >= 15 is 0 Å². The number of benzene rings is 3. The van der Waals surface area contributed by atoms with Gasteiger partial charge in [0.25, 0.3) is 5.56 Å². The molecule has 6 rings (SSSR count). The Balaban J connectivity index is 1.33. The van der Waals surface area contributed by atoms with Crippen molar-refractivity contribution >= 4 is 22.8 Å². The minimum atomic E-state index is -1.08. The molecule has 244 valence electrons. The van der Waals surface area contributed by atoms with Gasteiger partial charge in [-0.3, -0.25) is 9.59 Å². The predicted octanol–water partition coefficient (Wildman–Crippen LogP) is 4.99. The molecular weight excluding hydrogens is 600 g/mol. The van der Waals surface area contributed by atoms with Gasteiger partial charge in [0.05, 0.1) is 38.8 Å². The molecule has 1 aliphatic heterocycles. The Morgan fingerprint density at radius 2 is 1.60 bits per heavy atom. The average molecular weight is 639 g/mol. The normalized spacial score (nSPS) is 18.0. The maximum Gasteiger partial charge on any atom is 0.277 e. The van der Waals surface area contributed by atoms with Crippen LogP contribution in [0, 0.1) is 5.92 Å². The first-order valence-corrected chi connectivity index (χ1v) is 15.5. The maximum atomic E-state index is 12.8. The molecule has 3 atom stereocenters. The first-order chi connectivity index (χ1) is 22.7. The van der Waals surface area contributed by atoms with Crippen molar-refractivity contribution in [3.63, 3.8) is 0 Å². The lowest BCUT2D eigenvalue weighted by Gasteiger charge is -2.37. The topological polar surface area (TPSA) is 137 Å². The Bertz CT molecular complexity index is 1840. The summed E-state index contributed by atoms with van der Waals surface area (Å²) >= 11 is 0. The van der Waals surface area contributed by atoms with Gasteiger partial charge in [0.2, 0.25) is 5.91 Å². The third-order valence-corrected chi connectivity index (χ3v) is 8.51. The number of carbonyl (C=O) groups excluding carboxylic acids is 1. The van der Waals surface area contributed by atoms with E-state index in [1.165, 1.54) is 6.33 Å². The van der Waals surface area contributed by atoms with E-state index in [-0.39, 0.29) is 36.2 Å². The number of hydrogen-bond acceptors (Lipinski definition) is 8. The zero-order chi connectivity index (χ0) is 33.1. The second-order valence-electron chi connectivity index (χ2n) is 11.8. The van der Waals surface area contributed by atoms with Gasteiger partial charge in [-0.2, -0.15) is 0 Å². The molecule has 1 saturated heterocycles. The monoisotopic (exact) mass is 638 g/mol. The average Bonchev–Trinajstić information content (AvgIpc) is 3.69. The molecule has 1 amide bonds. The number of aromatic nitrogens is 3. The van der Waals surface area contributed by atoms with Gasteiger partial charge in [-0.15, -0.1) is 0 Å². The second-order valence-corrected chi connectivity index (χ2v) is 11.8. The number of imidazole rings is 1. The van der Waals surface area contributed by atoms with Crippen LogP contribution in [-0.2, 0) is 19.9 Å². The third-order valence-electron chi connectivity index (χ3n) is 8.51. The van der Waals surface area contributed by atoms with E-state index in [1.807, 2.05) is 78.9 Å². The molecule has 11 heteroatoms. The van der Waals surface area contributed by atoms with Gasteiger partial charge in [-0.25, -0.2) is 4.98 Å². The molecular formula is C36H38N4O7. The molecule has 0 unspecified atom stereocenters. The Morgan fingerprint density at radius 3 is 2.17 bits per heavy atom. The fraction of sp³-hybridized carbons (Fsp3) is 0.306. The van der Waals surface area contributed by atoms with E-state index in [2.05, 4.69) is 15.3 Å². The first kappa shape index (κ1) is 32.0. The first-order valence-electron chi connectivity index (χ1n) is 15.5. The molecule has 0 radical (unpaired) electrons. The summed E-state index contributed by atoms with van der Waals surface area (Å²) in [6, 6.07) is 27.0. The Kier molecular flexibility index (Phi) is 9.12. The molecule has 0 bridgehead atoms. The number of hydrogen-bond donors (Lipinski definition) is 3. The zero-order valence-electron chi connectivity index (χ0n) is 26.7. The number of fused-ring (bicyclic) bond motifs is 1. The number of nitrogens with one attached hydrogen (secondary N) is 2. The summed E-state index contributed by atoms with van der Waals surface area (Å²) in [4.78, 5) is 32.1. The number of anilines is 1. The lowest BCUT2D eigenvalue weighted by atomic mass is 9.80. The van der Waals surface area contributed by atoms with Gasteiger partial charge in [-0.05, 0) is 41.0 Å². The summed E-state index contributed by atoms with van der Waals surface area (Å²) in [5.74, 6) is 1.17. The van der Waals surface area contributed by atoms with Gasteiger partial charge < -0.3 is 38.9 Å². The summed E-state index contributed by atoms with van der Waals surface area (Å²) < 4.78 is 25.9. The van der Waals surface area contributed by atoms with Crippen molar-refractivity contribution in [3.05, 3.63) is 118 Å². The van der Waals surface area contributed by atoms with Gasteiger partial charge in [0.1, 0.15) is 35.2 Å². The molecule has 0 aliphatic carbocycles. The van der Waals surface area contributed by atoms with Crippen LogP contribution in [0.2, 0.25) is 0 Å². The minimum Gasteiger partial charge on any atom is -0.497 e. The number of aliphatic hydroxyl groups excluding tert-OH is 1. The second kappa shape index (κ2) is 13.4.